The van der Waals surface area contributed by atoms with Gasteiger partial charge in [-0.3, -0.25) is 4.90 Å². The summed E-state index contributed by atoms with van der Waals surface area (Å²) < 4.78 is 26.7. The van der Waals surface area contributed by atoms with Gasteiger partial charge in [0, 0.05) is 41.8 Å². The first-order valence-corrected chi connectivity index (χ1v) is 9.14. The number of β-amino-alcohol motifs (C(OH)–C–C–N with tert-alkyl or cyclic N) is 1. The number of aromatic amines is 1. The molecule has 1 aliphatic heterocycles. The Balaban J connectivity index is 1.48. The number of benzene rings is 2. The average molecular weight is 368 g/mol. The van der Waals surface area contributed by atoms with E-state index in [1.165, 1.54) is 29.8 Å². The van der Waals surface area contributed by atoms with Gasteiger partial charge in [-0.2, -0.15) is 0 Å². The molecule has 2 heterocycles. The van der Waals surface area contributed by atoms with Crippen LogP contribution in [-0.2, 0) is 0 Å². The minimum Gasteiger partial charge on any atom is -0.387 e. The summed E-state index contributed by atoms with van der Waals surface area (Å²) in [5.41, 5.74) is 4.70. The lowest BCUT2D eigenvalue weighted by Crippen LogP contribution is -2.32. The number of aromatic nitrogens is 1. The molecule has 0 spiro atoms. The van der Waals surface area contributed by atoms with Crippen molar-refractivity contribution in [3.8, 4) is 0 Å². The van der Waals surface area contributed by atoms with E-state index in [0.717, 1.165) is 47.2 Å². The number of aryl methyl sites for hydroxylation is 1. The Morgan fingerprint density at radius 3 is 2.56 bits per heavy atom. The molecule has 1 unspecified atom stereocenters. The zero-order valence-electron chi connectivity index (χ0n) is 15.2. The maximum atomic E-state index is 13.6. The summed E-state index contributed by atoms with van der Waals surface area (Å²) in [6, 6.07) is 11.1. The predicted molar refractivity (Wildman–Crippen MR) is 103 cm³/mol. The number of hydrogen-bond donors (Lipinski definition) is 2. The van der Waals surface area contributed by atoms with Crippen molar-refractivity contribution in [3.63, 3.8) is 0 Å². The Morgan fingerprint density at radius 2 is 1.85 bits per heavy atom. The van der Waals surface area contributed by atoms with Gasteiger partial charge in [0.1, 0.15) is 11.6 Å². The van der Waals surface area contributed by atoms with Crippen molar-refractivity contribution >= 4 is 16.5 Å². The van der Waals surface area contributed by atoms with E-state index < -0.39 is 6.10 Å². The monoisotopic (exact) mass is 368 g/mol. The summed E-state index contributed by atoms with van der Waals surface area (Å²) in [6.45, 7) is 3.92. The lowest BCUT2D eigenvalue weighted by Gasteiger charge is -2.28. The molecule has 0 bridgehead atoms. The van der Waals surface area contributed by atoms with Gasteiger partial charge >= 0.3 is 0 Å². The third-order valence-corrected chi connectivity index (χ3v) is 5.27. The van der Waals surface area contributed by atoms with Crippen LogP contribution < -0.4 is 0 Å². The maximum Gasteiger partial charge on any atom is 0.123 e. The maximum absolute atomic E-state index is 13.6. The molecule has 3 aromatic rings. The van der Waals surface area contributed by atoms with Crippen molar-refractivity contribution in [2.75, 3.05) is 19.6 Å². The molecule has 0 fully saturated rings. The van der Waals surface area contributed by atoms with Gasteiger partial charge in [-0.1, -0.05) is 18.2 Å². The molecular formula is C22H22F2N2O. The van der Waals surface area contributed by atoms with Crippen molar-refractivity contribution in [1.29, 1.82) is 0 Å². The van der Waals surface area contributed by atoms with Crippen LogP contribution >= 0.6 is 0 Å². The second-order valence-corrected chi connectivity index (χ2v) is 7.12. The third kappa shape index (κ3) is 3.66. The molecule has 1 atom stereocenters. The molecule has 27 heavy (non-hydrogen) atoms. The molecule has 0 saturated carbocycles. The molecule has 3 nitrogen and oxygen atoms in total. The number of hydrogen-bond acceptors (Lipinski definition) is 2. The summed E-state index contributed by atoms with van der Waals surface area (Å²) in [5, 5.41) is 11.5. The SMILES string of the molecule is Cc1[nH]c2ccc(F)cc2c1C(O)CN1CC=C(c2ccc(F)cc2)CC1. The van der Waals surface area contributed by atoms with E-state index in [0.29, 0.717) is 6.54 Å². The van der Waals surface area contributed by atoms with E-state index >= 15 is 0 Å². The molecule has 0 amide bonds. The van der Waals surface area contributed by atoms with Gasteiger partial charge in [0.15, 0.2) is 0 Å². The van der Waals surface area contributed by atoms with Crippen molar-refractivity contribution in [2.45, 2.75) is 19.4 Å². The van der Waals surface area contributed by atoms with Crippen molar-refractivity contribution < 1.29 is 13.9 Å². The number of aliphatic hydroxyl groups excluding tert-OH is 1. The summed E-state index contributed by atoms with van der Waals surface area (Å²) in [6.07, 6.45) is 2.28. The highest BCUT2D eigenvalue weighted by molar-refractivity contribution is 5.85. The highest BCUT2D eigenvalue weighted by Gasteiger charge is 2.21. The van der Waals surface area contributed by atoms with Crippen LogP contribution in [-0.4, -0.2) is 34.6 Å². The van der Waals surface area contributed by atoms with Gasteiger partial charge in [-0.25, -0.2) is 8.78 Å². The molecule has 1 aromatic heterocycles. The van der Waals surface area contributed by atoms with Crippen LogP contribution in [0.4, 0.5) is 8.78 Å². The van der Waals surface area contributed by atoms with Gasteiger partial charge in [-0.05, 0) is 54.8 Å². The Hall–Kier alpha value is -2.50. The average Bonchev–Trinajstić information content (AvgIpc) is 2.98. The van der Waals surface area contributed by atoms with Crippen molar-refractivity contribution in [2.24, 2.45) is 0 Å². The first-order valence-electron chi connectivity index (χ1n) is 9.14. The lowest BCUT2D eigenvalue weighted by atomic mass is 9.98. The van der Waals surface area contributed by atoms with Gasteiger partial charge < -0.3 is 10.1 Å². The Bertz CT molecular complexity index is 991. The predicted octanol–water partition coefficient (Wildman–Crippen LogP) is 4.58. The molecule has 2 aromatic carbocycles. The molecular weight excluding hydrogens is 346 g/mol. The van der Waals surface area contributed by atoms with E-state index in [2.05, 4.69) is 16.0 Å². The van der Waals surface area contributed by atoms with Crippen molar-refractivity contribution in [1.82, 2.24) is 9.88 Å². The van der Waals surface area contributed by atoms with Crippen molar-refractivity contribution in [3.05, 3.63) is 77.0 Å². The van der Waals surface area contributed by atoms with Gasteiger partial charge in [0.05, 0.1) is 6.10 Å². The highest BCUT2D eigenvalue weighted by atomic mass is 19.1. The normalized spacial score (nSPS) is 16.5. The number of fused-ring (bicyclic) bond motifs is 1. The minimum atomic E-state index is -0.693. The fraction of sp³-hybridized carbons (Fsp3) is 0.273. The van der Waals surface area contributed by atoms with Gasteiger partial charge in [-0.15, -0.1) is 0 Å². The number of rotatable bonds is 4. The largest absolute Gasteiger partial charge is 0.387 e. The van der Waals surface area contributed by atoms with Crippen LogP contribution in [0.1, 0.15) is 29.3 Å². The lowest BCUT2D eigenvalue weighted by molar-refractivity contribution is 0.119. The molecule has 0 aliphatic carbocycles. The Morgan fingerprint density at radius 1 is 1.11 bits per heavy atom. The first kappa shape index (κ1) is 17.9. The molecule has 140 valence electrons. The molecule has 2 N–H and O–H groups in total. The standard InChI is InChI=1S/C22H22F2N2O/c1-14-22(19-12-18(24)6-7-20(19)25-14)21(27)13-26-10-8-16(9-11-26)15-2-4-17(23)5-3-15/h2-8,12,21,25,27H,9-11,13H2,1H3. The summed E-state index contributed by atoms with van der Waals surface area (Å²) in [5.74, 6) is -0.537. The van der Waals surface area contributed by atoms with E-state index in [4.69, 9.17) is 0 Å². The van der Waals surface area contributed by atoms with Crippen LogP contribution in [0.3, 0.4) is 0 Å². The van der Waals surface area contributed by atoms with Crippen LogP contribution in [0.15, 0.2) is 48.5 Å². The number of nitrogens with zero attached hydrogens (tertiary/aromatic N) is 1. The van der Waals surface area contributed by atoms with E-state index in [1.807, 2.05) is 6.92 Å². The Kier molecular flexibility index (Phi) is 4.81. The van der Waals surface area contributed by atoms with E-state index in [9.17, 15) is 13.9 Å². The fourth-order valence-corrected chi connectivity index (χ4v) is 3.89. The Labute approximate surface area is 156 Å². The third-order valence-electron chi connectivity index (χ3n) is 5.27. The quantitative estimate of drug-likeness (QED) is 0.708. The molecule has 0 radical (unpaired) electrons. The molecule has 1 aliphatic rings. The van der Waals surface area contributed by atoms with E-state index in [-0.39, 0.29) is 11.6 Å². The van der Waals surface area contributed by atoms with Crippen LogP contribution in [0, 0.1) is 18.6 Å². The number of halogens is 2. The molecule has 4 rings (SSSR count). The van der Waals surface area contributed by atoms with Gasteiger partial charge in [0.2, 0.25) is 0 Å². The summed E-state index contributed by atoms with van der Waals surface area (Å²) in [7, 11) is 0. The molecule has 0 saturated heterocycles. The van der Waals surface area contributed by atoms with Crippen LogP contribution in [0.2, 0.25) is 0 Å². The van der Waals surface area contributed by atoms with E-state index in [1.54, 1.807) is 18.2 Å². The topological polar surface area (TPSA) is 39.3 Å². The minimum absolute atomic E-state index is 0.231. The fourth-order valence-electron chi connectivity index (χ4n) is 3.89. The smallest absolute Gasteiger partial charge is 0.123 e. The van der Waals surface area contributed by atoms with Crippen LogP contribution in [0.5, 0.6) is 0 Å². The second-order valence-electron chi connectivity index (χ2n) is 7.12. The highest BCUT2D eigenvalue weighted by Crippen LogP contribution is 2.30. The van der Waals surface area contributed by atoms with Gasteiger partial charge in [0.25, 0.3) is 0 Å². The zero-order valence-corrected chi connectivity index (χ0v) is 15.2. The second kappa shape index (κ2) is 7.25. The molecule has 5 heteroatoms. The summed E-state index contributed by atoms with van der Waals surface area (Å²) >= 11 is 0. The number of H-pyrrole nitrogens is 1. The van der Waals surface area contributed by atoms with Crippen LogP contribution in [0.25, 0.3) is 16.5 Å². The first-order chi connectivity index (χ1) is 13.0. The number of nitrogens with one attached hydrogen (secondary N) is 1. The zero-order chi connectivity index (χ0) is 19.0. The summed E-state index contributed by atoms with van der Waals surface area (Å²) in [4.78, 5) is 5.39. The number of aliphatic hydroxyl groups is 1.